The summed E-state index contributed by atoms with van der Waals surface area (Å²) in [6, 6.07) is 7.69. The minimum atomic E-state index is -0.0188. The average Bonchev–Trinajstić information content (AvgIpc) is 2.61. The van der Waals surface area contributed by atoms with Crippen LogP contribution >= 0.6 is 0 Å². The first kappa shape index (κ1) is 20.0. The van der Waals surface area contributed by atoms with Crippen LogP contribution in [0.1, 0.15) is 56.0 Å². The van der Waals surface area contributed by atoms with Crippen LogP contribution in [0.2, 0.25) is 0 Å². The van der Waals surface area contributed by atoms with Gasteiger partial charge in [-0.05, 0) is 37.5 Å². The molecule has 0 unspecified atom stereocenters. The number of hydrogen-bond donors (Lipinski definition) is 2. The van der Waals surface area contributed by atoms with Crippen molar-refractivity contribution in [3.05, 3.63) is 35.4 Å². The highest BCUT2D eigenvalue weighted by Gasteiger charge is 2.07. The first-order valence-electron chi connectivity index (χ1n) is 8.98. The number of nitrogens with zero attached hydrogens (tertiary/aromatic N) is 2. The average molecular weight is 332 g/mol. The van der Waals surface area contributed by atoms with Gasteiger partial charge in [0.05, 0.1) is 6.54 Å². The van der Waals surface area contributed by atoms with Gasteiger partial charge in [0.1, 0.15) is 0 Å². The predicted octanol–water partition coefficient (Wildman–Crippen LogP) is 3.02. The number of unbranched alkanes of at least 4 members (excludes halogenated alkanes) is 1. The van der Waals surface area contributed by atoms with Crippen LogP contribution in [0, 0.1) is 0 Å². The molecule has 0 aliphatic heterocycles. The van der Waals surface area contributed by atoms with E-state index in [1.54, 1.807) is 0 Å². The highest BCUT2D eigenvalue weighted by molar-refractivity contribution is 5.94. The predicted molar refractivity (Wildman–Crippen MR) is 101 cm³/mol. The molecule has 5 heteroatoms. The molecular formula is C19H32N4O. The Hall–Kier alpha value is -2.04. The summed E-state index contributed by atoms with van der Waals surface area (Å²) in [6.45, 7) is 9.40. The molecule has 24 heavy (non-hydrogen) atoms. The first-order chi connectivity index (χ1) is 11.6. The van der Waals surface area contributed by atoms with Gasteiger partial charge in [0.15, 0.2) is 5.96 Å². The van der Waals surface area contributed by atoms with Crippen molar-refractivity contribution < 1.29 is 4.79 Å². The maximum absolute atomic E-state index is 12.1. The lowest BCUT2D eigenvalue weighted by Gasteiger charge is -2.21. The molecule has 0 heterocycles. The number of hydrogen-bond acceptors (Lipinski definition) is 2. The number of benzene rings is 1. The van der Waals surface area contributed by atoms with Gasteiger partial charge < -0.3 is 15.5 Å². The van der Waals surface area contributed by atoms with Crippen molar-refractivity contribution in [2.75, 3.05) is 26.7 Å². The van der Waals surface area contributed by atoms with E-state index in [0.717, 1.165) is 37.5 Å². The van der Waals surface area contributed by atoms with Crippen molar-refractivity contribution in [3.63, 3.8) is 0 Å². The van der Waals surface area contributed by atoms with E-state index in [-0.39, 0.29) is 5.91 Å². The van der Waals surface area contributed by atoms with Crippen LogP contribution in [-0.4, -0.2) is 43.4 Å². The number of guanidine groups is 1. The Bertz CT molecular complexity index is 528. The van der Waals surface area contributed by atoms with Crippen molar-refractivity contribution in [2.24, 2.45) is 4.99 Å². The van der Waals surface area contributed by atoms with Crippen molar-refractivity contribution in [2.45, 2.75) is 46.6 Å². The summed E-state index contributed by atoms with van der Waals surface area (Å²) in [5, 5.41) is 6.23. The first-order valence-corrected chi connectivity index (χ1v) is 8.98. The number of carbonyl (C=O) groups excluding carboxylic acids is 1. The van der Waals surface area contributed by atoms with Gasteiger partial charge in [0, 0.05) is 32.2 Å². The molecular weight excluding hydrogens is 300 g/mol. The molecule has 0 radical (unpaired) electrons. The van der Waals surface area contributed by atoms with E-state index >= 15 is 0 Å². The molecule has 0 saturated heterocycles. The van der Waals surface area contributed by atoms with Gasteiger partial charge in [-0.25, -0.2) is 4.99 Å². The molecule has 1 rings (SSSR count). The fraction of sp³-hybridized carbons (Fsp3) is 0.579. The molecule has 0 bridgehead atoms. The Morgan fingerprint density at radius 1 is 1.17 bits per heavy atom. The Balaban J connectivity index is 2.76. The van der Waals surface area contributed by atoms with E-state index in [2.05, 4.69) is 36.4 Å². The van der Waals surface area contributed by atoms with Crippen LogP contribution in [-0.2, 0) is 6.54 Å². The summed E-state index contributed by atoms with van der Waals surface area (Å²) in [5.74, 6) is 0.890. The van der Waals surface area contributed by atoms with Crippen LogP contribution in [0.5, 0.6) is 0 Å². The lowest BCUT2D eigenvalue weighted by molar-refractivity contribution is 0.0953. The number of carbonyl (C=O) groups is 1. The Morgan fingerprint density at radius 2 is 1.96 bits per heavy atom. The van der Waals surface area contributed by atoms with Crippen LogP contribution in [0.4, 0.5) is 0 Å². The molecule has 2 N–H and O–H groups in total. The summed E-state index contributed by atoms with van der Waals surface area (Å²) in [7, 11) is 2.06. The second-order valence-electron chi connectivity index (χ2n) is 5.90. The molecule has 0 aromatic heterocycles. The molecule has 0 aliphatic rings. The Labute approximate surface area is 146 Å². The SMILES string of the molecule is CCCCN(C)C(=NCc1cccc(C(=O)NCCC)c1)NCC. The summed E-state index contributed by atoms with van der Waals surface area (Å²) in [6.07, 6.45) is 3.25. The van der Waals surface area contributed by atoms with Crippen LogP contribution in [0.25, 0.3) is 0 Å². The second-order valence-corrected chi connectivity index (χ2v) is 5.90. The topological polar surface area (TPSA) is 56.7 Å². The van der Waals surface area contributed by atoms with Gasteiger partial charge in [0.25, 0.3) is 5.91 Å². The molecule has 0 spiro atoms. The van der Waals surface area contributed by atoms with Crippen LogP contribution in [0.15, 0.2) is 29.3 Å². The van der Waals surface area contributed by atoms with E-state index < -0.39 is 0 Å². The fourth-order valence-corrected chi connectivity index (χ4v) is 2.29. The van der Waals surface area contributed by atoms with E-state index in [0.29, 0.717) is 18.7 Å². The molecule has 1 aromatic carbocycles. The van der Waals surface area contributed by atoms with Gasteiger partial charge >= 0.3 is 0 Å². The van der Waals surface area contributed by atoms with Crippen molar-refractivity contribution in [1.29, 1.82) is 0 Å². The number of amides is 1. The minimum Gasteiger partial charge on any atom is -0.357 e. The van der Waals surface area contributed by atoms with E-state index in [1.807, 2.05) is 31.2 Å². The van der Waals surface area contributed by atoms with Gasteiger partial charge in [-0.15, -0.1) is 0 Å². The van der Waals surface area contributed by atoms with Gasteiger partial charge in [0.2, 0.25) is 0 Å². The number of aliphatic imine (C=N–C) groups is 1. The molecule has 0 atom stereocenters. The fourth-order valence-electron chi connectivity index (χ4n) is 2.29. The largest absolute Gasteiger partial charge is 0.357 e. The van der Waals surface area contributed by atoms with Crippen molar-refractivity contribution in [1.82, 2.24) is 15.5 Å². The normalized spacial score (nSPS) is 11.2. The lowest BCUT2D eigenvalue weighted by Crippen LogP contribution is -2.39. The van der Waals surface area contributed by atoms with Crippen LogP contribution in [0.3, 0.4) is 0 Å². The Morgan fingerprint density at radius 3 is 2.62 bits per heavy atom. The van der Waals surface area contributed by atoms with Gasteiger partial charge in [-0.1, -0.05) is 32.4 Å². The second kappa shape index (κ2) is 11.5. The van der Waals surface area contributed by atoms with Crippen molar-refractivity contribution in [3.8, 4) is 0 Å². The highest BCUT2D eigenvalue weighted by Crippen LogP contribution is 2.07. The maximum Gasteiger partial charge on any atom is 0.251 e. The molecule has 1 amide bonds. The molecule has 134 valence electrons. The third-order valence-corrected chi connectivity index (χ3v) is 3.68. The summed E-state index contributed by atoms with van der Waals surface area (Å²) < 4.78 is 0. The third kappa shape index (κ3) is 7.02. The highest BCUT2D eigenvalue weighted by atomic mass is 16.1. The quantitative estimate of drug-likeness (QED) is 0.540. The zero-order valence-corrected chi connectivity index (χ0v) is 15.6. The zero-order chi connectivity index (χ0) is 17.8. The summed E-state index contributed by atoms with van der Waals surface area (Å²) in [4.78, 5) is 18.9. The number of rotatable bonds is 9. The van der Waals surface area contributed by atoms with E-state index in [4.69, 9.17) is 4.99 Å². The van der Waals surface area contributed by atoms with Crippen molar-refractivity contribution >= 4 is 11.9 Å². The molecule has 0 fully saturated rings. The Kier molecular flexibility index (Phi) is 9.58. The van der Waals surface area contributed by atoms with Gasteiger partial charge in [-0.3, -0.25) is 4.79 Å². The smallest absolute Gasteiger partial charge is 0.251 e. The summed E-state index contributed by atoms with van der Waals surface area (Å²) >= 11 is 0. The molecule has 0 aliphatic carbocycles. The monoisotopic (exact) mass is 332 g/mol. The summed E-state index contributed by atoms with van der Waals surface area (Å²) in [5.41, 5.74) is 1.74. The van der Waals surface area contributed by atoms with E-state index in [9.17, 15) is 4.79 Å². The van der Waals surface area contributed by atoms with Gasteiger partial charge in [-0.2, -0.15) is 0 Å². The molecule has 0 saturated carbocycles. The third-order valence-electron chi connectivity index (χ3n) is 3.68. The minimum absolute atomic E-state index is 0.0188. The maximum atomic E-state index is 12.1. The zero-order valence-electron chi connectivity index (χ0n) is 15.6. The molecule has 5 nitrogen and oxygen atoms in total. The standard InChI is InChI=1S/C19H32N4O/c1-5-8-13-23(4)19(20-7-3)22-15-16-10-9-11-17(14-16)18(24)21-12-6-2/h9-11,14H,5-8,12-13,15H2,1-4H3,(H,20,22)(H,21,24). The lowest BCUT2D eigenvalue weighted by atomic mass is 10.1. The molecule has 1 aromatic rings. The number of nitrogens with one attached hydrogen (secondary N) is 2. The van der Waals surface area contributed by atoms with E-state index in [1.165, 1.54) is 6.42 Å². The van der Waals surface area contributed by atoms with Crippen LogP contribution < -0.4 is 10.6 Å².